The van der Waals surface area contributed by atoms with E-state index in [1.165, 1.54) is 31.2 Å². The molecule has 1 rings (SSSR count). The van der Waals surface area contributed by atoms with Crippen LogP contribution >= 0.6 is 7.81 Å². The molecule has 1 aromatic rings. The zero-order valence-corrected chi connectivity index (χ0v) is 13.4. The van der Waals surface area contributed by atoms with Gasteiger partial charge in [-0.3, -0.25) is 0 Å². The predicted molar refractivity (Wildman–Crippen MR) is 79.1 cm³/mol. The summed E-state index contributed by atoms with van der Waals surface area (Å²) in [7, 11) is -8.96. The van der Waals surface area contributed by atoms with Crippen molar-refractivity contribution >= 4 is 20.4 Å². The summed E-state index contributed by atoms with van der Waals surface area (Å²) in [5, 5.41) is 0. The molecule has 0 saturated heterocycles. The van der Waals surface area contributed by atoms with E-state index in [1.807, 2.05) is 12.1 Å². The number of aryl methyl sites for hydroxylation is 1. The molecule has 1 nitrogen and oxygen atoms in total. The summed E-state index contributed by atoms with van der Waals surface area (Å²) >= 11 is 3.48. The molecule has 21 heavy (non-hydrogen) atoms. The molecule has 0 spiro atoms. The number of benzene rings is 1. The van der Waals surface area contributed by atoms with Crippen molar-refractivity contribution in [1.82, 2.24) is 0 Å². The van der Waals surface area contributed by atoms with Crippen LogP contribution in [0.4, 0.5) is 25.2 Å². The summed E-state index contributed by atoms with van der Waals surface area (Å²) in [5.41, 5.74) is 1.40. The summed E-state index contributed by atoms with van der Waals surface area (Å²) in [6, 6.07) is 8.35. The average Bonchev–Trinajstić information content (AvgIpc) is 2.32. The number of hydrogen-bond acceptors (Lipinski definition) is 1. The minimum absolute atomic E-state index is 0.939. The number of hydrogen-bond donors (Lipinski definition) is 0. The molecule has 0 bridgehead atoms. The van der Waals surface area contributed by atoms with Crippen molar-refractivity contribution in [3.8, 4) is 5.75 Å². The van der Waals surface area contributed by atoms with Crippen molar-refractivity contribution in [2.75, 3.05) is 12.9 Å². The molecule has 0 saturated carbocycles. The van der Waals surface area contributed by atoms with E-state index >= 15 is 0 Å². The Morgan fingerprint density at radius 3 is 1.76 bits per heavy atom. The molecular formula is C12H19F6OPS. The summed E-state index contributed by atoms with van der Waals surface area (Å²) in [6.07, 6.45) is 5.02. The third kappa shape index (κ3) is 19.4. The minimum atomic E-state index is -10.7. The quantitative estimate of drug-likeness (QED) is 0.271. The van der Waals surface area contributed by atoms with E-state index in [0.717, 1.165) is 11.5 Å². The molecule has 0 aliphatic rings. The SMILES string of the molecule is COc1ccc(CCCCC[SH2+])cc1.F[P-](F)(F)(F)(F)F. The van der Waals surface area contributed by atoms with E-state index in [9.17, 15) is 25.2 Å². The molecule has 0 aromatic heterocycles. The number of rotatable bonds is 6. The van der Waals surface area contributed by atoms with Crippen LogP contribution in [0.5, 0.6) is 5.75 Å². The third-order valence-corrected chi connectivity index (χ3v) is 2.65. The Labute approximate surface area is 125 Å². The fourth-order valence-corrected chi connectivity index (χ4v) is 1.67. The molecule has 0 aliphatic heterocycles. The second-order valence-electron chi connectivity index (χ2n) is 4.37. The van der Waals surface area contributed by atoms with E-state index in [1.54, 1.807) is 7.11 Å². The van der Waals surface area contributed by atoms with Gasteiger partial charge in [-0.15, -0.1) is 0 Å². The van der Waals surface area contributed by atoms with E-state index in [0.29, 0.717) is 0 Å². The van der Waals surface area contributed by atoms with E-state index in [4.69, 9.17) is 4.74 Å². The number of methoxy groups -OCH3 is 1. The van der Waals surface area contributed by atoms with Gasteiger partial charge in [-0.05, 0) is 56.0 Å². The zero-order valence-electron chi connectivity index (χ0n) is 11.5. The number of ether oxygens (including phenoxy) is 1. The van der Waals surface area contributed by atoms with Crippen molar-refractivity contribution in [3.63, 3.8) is 0 Å². The van der Waals surface area contributed by atoms with Crippen LogP contribution in [0.25, 0.3) is 0 Å². The Bertz CT molecular complexity index is 405. The van der Waals surface area contributed by atoms with Gasteiger partial charge in [0.2, 0.25) is 0 Å². The molecule has 0 radical (unpaired) electrons. The third-order valence-electron chi connectivity index (χ3n) is 2.30. The van der Waals surface area contributed by atoms with Crippen LogP contribution in [0.2, 0.25) is 0 Å². The van der Waals surface area contributed by atoms with Gasteiger partial charge in [0.1, 0.15) is 11.5 Å². The second-order valence-corrected chi connectivity index (χ2v) is 6.78. The summed E-state index contributed by atoms with van der Waals surface area (Å²) in [4.78, 5) is 0. The second kappa shape index (κ2) is 7.09. The van der Waals surface area contributed by atoms with Crippen molar-refractivity contribution in [2.24, 2.45) is 0 Å². The van der Waals surface area contributed by atoms with Gasteiger partial charge in [-0.25, -0.2) is 0 Å². The van der Waals surface area contributed by atoms with Crippen LogP contribution in [0.15, 0.2) is 24.3 Å². The Kier molecular flexibility index (Phi) is 6.88. The van der Waals surface area contributed by atoms with Crippen molar-refractivity contribution < 1.29 is 29.9 Å². The molecule has 0 amide bonds. The summed E-state index contributed by atoms with van der Waals surface area (Å²) in [5.74, 6) is 2.05. The maximum absolute atomic E-state index is 10.7. The topological polar surface area (TPSA) is 9.23 Å². The first-order chi connectivity index (χ1) is 9.31. The molecule has 0 heterocycles. The van der Waals surface area contributed by atoms with Gasteiger partial charge >= 0.3 is 33.0 Å². The van der Waals surface area contributed by atoms with Gasteiger partial charge in [0.25, 0.3) is 0 Å². The molecule has 0 aliphatic carbocycles. The average molecular weight is 356 g/mol. The van der Waals surface area contributed by atoms with Gasteiger partial charge in [0.05, 0.1) is 7.11 Å². The van der Waals surface area contributed by atoms with Gasteiger partial charge in [-0.1, -0.05) is 12.1 Å². The van der Waals surface area contributed by atoms with Crippen LogP contribution in [-0.4, -0.2) is 12.9 Å². The van der Waals surface area contributed by atoms with Gasteiger partial charge in [0.15, 0.2) is 0 Å². The fraction of sp³-hybridized carbons (Fsp3) is 0.500. The van der Waals surface area contributed by atoms with Crippen LogP contribution in [0.3, 0.4) is 0 Å². The number of halogens is 6. The molecule has 0 fully saturated rings. The first-order valence-electron chi connectivity index (χ1n) is 6.16. The number of unbranched alkanes of at least 4 members (excludes halogenated alkanes) is 2. The molecule has 0 unspecified atom stereocenters. The van der Waals surface area contributed by atoms with Gasteiger partial charge in [-0.2, -0.15) is 0 Å². The zero-order chi connectivity index (χ0) is 16.6. The van der Waals surface area contributed by atoms with Crippen LogP contribution in [0.1, 0.15) is 24.8 Å². The van der Waals surface area contributed by atoms with E-state index < -0.39 is 7.81 Å². The van der Waals surface area contributed by atoms with Crippen molar-refractivity contribution in [3.05, 3.63) is 29.8 Å². The van der Waals surface area contributed by atoms with Crippen molar-refractivity contribution in [2.45, 2.75) is 25.7 Å². The van der Waals surface area contributed by atoms with Crippen LogP contribution < -0.4 is 4.74 Å². The molecule has 9 heteroatoms. The molecule has 0 atom stereocenters. The fourth-order valence-electron chi connectivity index (χ4n) is 1.42. The Balaban J connectivity index is 0.000000486. The monoisotopic (exact) mass is 356 g/mol. The summed E-state index contributed by atoms with van der Waals surface area (Å²) in [6.45, 7) is 0. The molecule has 1 aromatic carbocycles. The van der Waals surface area contributed by atoms with Crippen LogP contribution in [-0.2, 0) is 19.0 Å². The maximum atomic E-state index is 9.87. The molecule has 0 N–H and O–H groups in total. The summed E-state index contributed by atoms with van der Waals surface area (Å²) < 4.78 is 64.3. The molecular weight excluding hydrogens is 337 g/mol. The predicted octanol–water partition coefficient (Wildman–Crippen LogP) is 5.80. The Morgan fingerprint density at radius 2 is 1.38 bits per heavy atom. The van der Waals surface area contributed by atoms with Crippen LogP contribution in [0, 0.1) is 0 Å². The first-order valence-corrected chi connectivity index (χ1v) is 8.89. The first kappa shape index (κ1) is 20.4. The Morgan fingerprint density at radius 1 is 0.905 bits per heavy atom. The van der Waals surface area contributed by atoms with E-state index in [-0.39, 0.29) is 0 Å². The molecule has 126 valence electrons. The van der Waals surface area contributed by atoms with Crippen molar-refractivity contribution in [1.29, 1.82) is 0 Å². The Hall–Kier alpha value is -0.620. The van der Waals surface area contributed by atoms with Gasteiger partial charge < -0.3 is 4.74 Å². The standard InChI is InChI=1S/C12H18OS.F6P/c1-13-12-8-6-11(7-9-12)5-3-2-4-10-14;1-7(2,3,4,5)6/h6-9,14H,2-5,10H2,1H3;/q;-1/p+1. The normalized spacial score (nSPS) is 14.5. The van der Waals surface area contributed by atoms with E-state index in [2.05, 4.69) is 24.8 Å². The van der Waals surface area contributed by atoms with Gasteiger partial charge in [0, 0.05) is 0 Å².